The molecule has 152 valence electrons. The number of carbonyl (C=O) groups is 2. The van der Waals surface area contributed by atoms with Crippen LogP contribution in [0.5, 0.6) is 0 Å². The third-order valence-electron chi connectivity index (χ3n) is 5.32. The second-order valence-corrected chi connectivity index (χ2v) is 7.16. The van der Waals surface area contributed by atoms with Crippen molar-refractivity contribution in [3.8, 4) is 0 Å². The third-order valence-corrected chi connectivity index (χ3v) is 5.32. The zero-order chi connectivity index (χ0) is 20.4. The van der Waals surface area contributed by atoms with Crippen molar-refractivity contribution in [3.63, 3.8) is 0 Å². The van der Waals surface area contributed by atoms with Gasteiger partial charge < -0.3 is 20.0 Å². The number of nitrogens with zero attached hydrogens (tertiary/aromatic N) is 6. The molecule has 3 heterocycles. The van der Waals surface area contributed by atoms with Crippen molar-refractivity contribution in [2.75, 3.05) is 49.6 Å². The molecule has 1 N–H and O–H groups in total. The monoisotopic (exact) mass is 395 g/mol. The van der Waals surface area contributed by atoms with Gasteiger partial charge in [-0.05, 0) is 18.1 Å². The van der Waals surface area contributed by atoms with Crippen LogP contribution in [-0.4, -0.2) is 72.2 Å². The summed E-state index contributed by atoms with van der Waals surface area (Å²) in [6, 6.07) is 7.98. The molecule has 4 rings (SSSR count). The Hall–Kier alpha value is -3.36. The molecule has 29 heavy (non-hydrogen) atoms. The lowest BCUT2D eigenvalue weighted by atomic mass is 10.2. The van der Waals surface area contributed by atoms with E-state index in [1.54, 1.807) is 27.7 Å². The largest absolute Gasteiger partial charge is 0.347 e. The number of benzene rings is 1. The summed E-state index contributed by atoms with van der Waals surface area (Å²) in [5.41, 5.74) is 2.97. The number of piperazine rings is 1. The van der Waals surface area contributed by atoms with Gasteiger partial charge in [-0.3, -0.25) is 19.3 Å². The highest BCUT2D eigenvalue weighted by atomic mass is 16.2. The summed E-state index contributed by atoms with van der Waals surface area (Å²) in [5.74, 6) is 0.536. The van der Waals surface area contributed by atoms with Crippen molar-refractivity contribution in [1.29, 1.82) is 0 Å². The third kappa shape index (κ3) is 3.80. The molecule has 2 aliphatic heterocycles. The fraction of sp³-hybridized carbons (Fsp3) is 0.400. The molecule has 0 bridgehead atoms. The quantitative estimate of drug-likeness (QED) is 0.594. The number of amides is 2. The molecule has 9 nitrogen and oxygen atoms in total. The van der Waals surface area contributed by atoms with E-state index in [9.17, 15) is 9.59 Å². The molecular formula is C20H25N7O2. The van der Waals surface area contributed by atoms with Crippen LogP contribution in [0.3, 0.4) is 0 Å². The Labute approximate surface area is 169 Å². The second-order valence-electron chi connectivity index (χ2n) is 7.16. The molecule has 0 unspecified atom stereocenters. The number of para-hydroxylation sites is 1. The second kappa shape index (κ2) is 7.94. The number of carbonyl (C=O) groups excluding carboxylic acids is 2. The summed E-state index contributed by atoms with van der Waals surface area (Å²) in [4.78, 5) is 35.0. The Morgan fingerprint density at radius 1 is 1.24 bits per heavy atom. The molecule has 2 aliphatic rings. The van der Waals surface area contributed by atoms with E-state index in [1.807, 2.05) is 36.3 Å². The van der Waals surface area contributed by atoms with Crippen molar-refractivity contribution < 1.29 is 9.59 Å². The average Bonchev–Trinajstić information content (AvgIpc) is 3.34. The zero-order valence-corrected chi connectivity index (χ0v) is 16.7. The molecule has 0 saturated carbocycles. The van der Waals surface area contributed by atoms with Gasteiger partial charge in [-0.2, -0.15) is 5.10 Å². The molecule has 0 spiro atoms. The highest BCUT2D eigenvalue weighted by Gasteiger charge is 2.29. The van der Waals surface area contributed by atoms with Gasteiger partial charge in [-0.25, -0.2) is 0 Å². The lowest BCUT2D eigenvalue weighted by Crippen LogP contribution is -2.56. The molecule has 0 aliphatic carbocycles. The molecule has 2 amide bonds. The Balaban J connectivity index is 1.34. The van der Waals surface area contributed by atoms with Crippen LogP contribution in [0.25, 0.3) is 0 Å². The Kier molecular flexibility index (Phi) is 5.20. The normalized spacial score (nSPS) is 17.0. The predicted molar refractivity (Wildman–Crippen MR) is 111 cm³/mol. The number of fused-ring (bicyclic) bond motifs is 1. The Morgan fingerprint density at radius 3 is 2.79 bits per heavy atom. The molecule has 0 atom stereocenters. The number of aromatic nitrogens is 2. The maximum absolute atomic E-state index is 12.7. The van der Waals surface area contributed by atoms with E-state index in [0.717, 1.165) is 17.8 Å². The van der Waals surface area contributed by atoms with Crippen molar-refractivity contribution in [2.24, 2.45) is 12.0 Å². The lowest BCUT2D eigenvalue weighted by Gasteiger charge is -2.35. The first-order chi connectivity index (χ1) is 14.1. The van der Waals surface area contributed by atoms with Crippen LogP contribution in [0, 0.1) is 0 Å². The summed E-state index contributed by atoms with van der Waals surface area (Å²) in [5, 5.41) is 7.25. The summed E-state index contributed by atoms with van der Waals surface area (Å²) in [6.07, 6.45) is 4.39. The standard InChI is InChI=1S/C20H25N7O2/c1-21-20(22-12-18(28)27-8-7-15-5-3-4-6-17(15)27)25-9-10-26(19(29)14-25)16-11-23-24(2)13-16/h3-6,11,13H,7-10,12,14H2,1-2H3,(H,21,22). The number of hydrogen-bond acceptors (Lipinski definition) is 4. The summed E-state index contributed by atoms with van der Waals surface area (Å²) in [6.45, 7) is 2.20. The van der Waals surface area contributed by atoms with Gasteiger partial charge in [-0.15, -0.1) is 0 Å². The van der Waals surface area contributed by atoms with E-state index in [2.05, 4.69) is 21.5 Å². The molecule has 1 fully saturated rings. The molecule has 1 aromatic heterocycles. The van der Waals surface area contributed by atoms with E-state index in [-0.39, 0.29) is 24.9 Å². The lowest BCUT2D eigenvalue weighted by molar-refractivity contribution is -0.120. The van der Waals surface area contributed by atoms with Gasteiger partial charge >= 0.3 is 0 Å². The first-order valence-electron chi connectivity index (χ1n) is 9.69. The number of rotatable bonds is 3. The maximum atomic E-state index is 12.7. The van der Waals surface area contributed by atoms with Gasteiger partial charge in [0.05, 0.1) is 18.4 Å². The van der Waals surface area contributed by atoms with Gasteiger partial charge in [-0.1, -0.05) is 18.2 Å². The number of nitrogens with one attached hydrogen (secondary N) is 1. The summed E-state index contributed by atoms with van der Waals surface area (Å²) >= 11 is 0. The van der Waals surface area contributed by atoms with E-state index in [4.69, 9.17) is 0 Å². The number of anilines is 2. The minimum absolute atomic E-state index is 0.00331. The highest BCUT2D eigenvalue weighted by molar-refractivity contribution is 6.00. The van der Waals surface area contributed by atoms with Crippen LogP contribution in [0.2, 0.25) is 0 Å². The first kappa shape index (κ1) is 19.0. The molecular weight excluding hydrogens is 370 g/mol. The minimum Gasteiger partial charge on any atom is -0.347 e. The van der Waals surface area contributed by atoms with E-state index < -0.39 is 0 Å². The van der Waals surface area contributed by atoms with E-state index in [0.29, 0.717) is 25.6 Å². The van der Waals surface area contributed by atoms with Crippen molar-refractivity contribution >= 4 is 29.1 Å². The highest BCUT2D eigenvalue weighted by Crippen LogP contribution is 2.27. The van der Waals surface area contributed by atoms with Crippen LogP contribution in [0.1, 0.15) is 5.56 Å². The van der Waals surface area contributed by atoms with E-state index >= 15 is 0 Å². The van der Waals surface area contributed by atoms with Crippen LogP contribution in [0.4, 0.5) is 11.4 Å². The predicted octanol–water partition coefficient (Wildman–Crippen LogP) is 0.233. The fourth-order valence-electron chi connectivity index (χ4n) is 3.85. The number of aryl methyl sites for hydroxylation is 1. The Bertz CT molecular complexity index is 952. The Morgan fingerprint density at radius 2 is 2.07 bits per heavy atom. The van der Waals surface area contributed by atoms with E-state index in [1.165, 1.54) is 5.56 Å². The fourth-order valence-corrected chi connectivity index (χ4v) is 3.85. The summed E-state index contributed by atoms with van der Waals surface area (Å²) < 4.78 is 1.68. The zero-order valence-electron chi connectivity index (χ0n) is 16.7. The van der Waals surface area contributed by atoms with Crippen LogP contribution in [-0.2, 0) is 23.1 Å². The van der Waals surface area contributed by atoms with Crippen molar-refractivity contribution in [1.82, 2.24) is 20.0 Å². The van der Waals surface area contributed by atoms with Crippen LogP contribution >= 0.6 is 0 Å². The van der Waals surface area contributed by atoms with Crippen molar-refractivity contribution in [3.05, 3.63) is 42.2 Å². The molecule has 2 aromatic rings. The number of guanidine groups is 1. The van der Waals surface area contributed by atoms with Crippen LogP contribution < -0.4 is 15.1 Å². The van der Waals surface area contributed by atoms with Gasteiger partial charge in [0.1, 0.15) is 6.54 Å². The number of aliphatic imine (C=N–C) groups is 1. The smallest absolute Gasteiger partial charge is 0.246 e. The maximum Gasteiger partial charge on any atom is 0.246 e. The molecule has 1 saturated heterocycles. The molecule has 1 aromatic carbocycles. The summed E-state index contributed by atoms with van der Waals surface area (Å²) in [7, 11) is 3.49. The average molecular weight is 395 g/mol. The molecule has 0 radical (unpaired) electrons. The minimum atomic E-state index is -0.0213. The first-order valence-corrected chi connectivity index (χ1v) is 9.69. The van der Waals surface area contributed by atoms with Gasteiger partial charge in [0.2, 0.25) is 11.8 Å². The van der Waals surface area contributed by atoms with Crippen LogP contribution in [0.15, 0.2) is 41.7 Å². The van der Waals surface area contributed by atoms with Crippen molar-refractivity contribution in [2.45, 2.75) is 6.42 Å². The van der Waals surface area contributed by atoms with Gasteiger partial charge in [0.15, 0.2) is 5.96 Å². The van der Waals surface area contributed by atoms with Gasteiger partial charge in [0.25, 0.3) is 0 Å². The SMILES string of the molecule is CN=C(NCC(=O)N1CCc2ccccc21)N1CCN(c2cnn(C)c2)C(=O)C1. The number of hydrogen-bond donors (Lipinski definition) is 1. The molecule has 9 heteroatoms. The topological polar surface area (TPSA) is 86.1 Å². The van der Waals surface area contributed by atoms with Gasteiger partial charge in [0, 0.05) is 45.6 Å².